The molecule has 0 saturated carbocycles. The Morgan fingerprint density at radius 3 is 2.77 bits per heavy atom. The largest absolute Gasteiger partial charge is 0.332 e. The quantitative estimate of drug-likeness (QED) is 0.662. The predicted octanol–water partition coefficient (Wildman–Crippen LogP) is 1.75. The van der Waals surface area contributed by atoms with E-state index in [0.29, 0.717) is 11.7 Å². The van der Waals surface area contributed by atoms with E-state index in [9.17, 15) is 0 Å². The van der Waals surface area contributed by atoms with Crippen LogP contribution in [0.1, 0.15) is 11.4 Å². The molecule has 4 nitrogen and oxygen atoms in total. The van der Waals surface area contributed by atoms with E-state index < -0.39 is 0 Å². The highest BCUT2D eigenvalue weighted by Crippen LogP contribution is 2.17. The Morgan fingerprint density at radius 2 is 2.15 bits per heavy atom. The lowest BCUT2D eigenvalue weighted by molar-refractivity contribution is 0.424. The first-order valence-electron chi connectivity index (χ1n) is 3.99. The van der Waals surface area contributed by atoms with Crippen LogP contribution in [0.5, 0.6) is 0 Å². The van der Waals surface area contributed by atoms with Gasteiger partial charge in [-0.25, -0.2) is 0 Å². The summed E-state index contributed by atoms with van der Waals surface area (Å²) in [6.07, 6.45) is 1.71. The Hall–Kier alpha value is -1.71. The Labute approximate surface area is 75.6 Å². The van der Waals surface area contributed by atoms with Crippen molar-refractivity contribution in [1.29, 1.82) is 0 Å². The number of pyridine rings is 1. The van der Waals surface area contributed by atoms with E-state index in [-0.39, 0.29) is 0 Å². The SMILES string of the molecule is Cc1noc(-c2ncccc2C)n1. The summed E-state index contributed by atoms with van der Waals surface area (Å²) >= 11 is 0. The lowest BCUT2D eigenvalue weighted by Gasteiger charge is -1.96. The van der Waals surface area contributed by atoms with Crippen LogP contribution in [0, 0.1) is 13.8 Å². The highest BCUT2D eigenvalue weighted by atomic mass is 16.5. The zero-order valence-electron chi connectivity index (χ0n) is 7.48. The van der Waals surface area contributed by atoms with E-state index in [1.807, 2.05) is 19.1 Å². The molecule has 0 aliphatic rings. The zero-order chi connectivity index (χ0) is 9.26. The lowest BCUT2D eigenvalue weighted by atomic mass is 10.2. The van der Waals surface area contributed by atoms with Gasteiger partial charge in [0.05, 0.1) is 0 Å². The van der Waals surface area contributed by atoms with E-state index in [2.05, 4.69) is 15.1 Å². The van der Waals surface area contributed by atoms with Crippen LogP contribution < -0.4 is 0 Å². The van der Waals surface area contributed by atoms with Crippen LogP contribution in [-0.2, 0) is 0 Å². The zero-order valence-corrected chi connectivity index (χ0v) is 7.48. The third-order valence-electron chi connectivity index (χ3n) is 1.74. The number of hydrogen-bond donors (Lipinski definition) is 0. The molecule has 0 aliphatic carbocycles. The molecule has 0 radical (unpaired) electrons. The molecule has 0 saturated heterocycles. The summed E-state index contributed by atoms with van der Waals surface area (Å²) in [4.78, 5) is 8.27. The van der Waals surface area contributed by atoms with Gasteiger partial charge in [0.15, 0.2) is 5.82 Å². The van der Waals surface area contributed by atoms with Crippen LogP contribution in [0.15, 0.2) is 22.9 Å². The van der Waals surface area contributed by atoms with Gasteiger partial charge in [-0.3, -0.25) is 4.98 Å². The molecule has 0 aliphatic heterocycles. The molecule has 66 valence electrons. The molecule has 0 fully saturated rings. The molecule has 2 aromatic heterocycles. The molecule has 2 aromatic rings. The topological polar surface area (TPSA) is 51.8 Å². The number of aryl methyl sites for hydroxylation is 2. The Morgan fingerprint density at radius 1 is 1.31 bits per heavy atom. The fourth-order valence-electron chi connectivity index (χ4n) is 1.10. The first-order chi connectivity index (χ1) is 6.27. The summed E-state index contributed by atoms with van der Waals surface area (Å²) in [7, 11) is 0. The van der Waals surface area contributed by atoms with Crippen molar-refractivity contribution in [3.05, 3.63) is 29.7 Å². The Kier molecular flexibility index (Phi) is 1.81. The Balaban J connectivity index is 2.52. The smallest absolute Gasteiger partial charge is 0.276 e. The van der Waals surface area contributed by atoms with Crippen molar-refractivity contribution in [2.75, 3.05) is 0 Å². The summed E-state index contributed by atoms with van der Waals surface area (Å²) < 4.78 is 5.01. The number of rotatable bonds is 1. The second kappa shape index (κ2) is 2.97. The first kappa shape index (κ1) is 7.91. The highest BCUT2D eigenvalue weighted by molar-refractivity contribution is 5.51. The normalized spacial score (nSPS) is 10.3. The fraction of sp³-hybridized carbons (Fsp3) is 0.222. The minimum Gasteiger partial charge on any atom is -0.332 e. The predicted molar refractivity (Wildman–Crippen MR) is 47.0 cm³/mol. The summed E-state index contributed by atoms with van der Waals surface area (Å²) in [5, 5.41) is 3.71. The number of hydrogen-bond acceptors (Lipinski definition) is 4. The van der Waals surface area contributed by atoms with Gasteiger partial charge >= 0.3 is 0 Å². The van der Waals surface area contributed by atoms with Crippen molar-refractivity contribution in [2.24, 2.45) is 0 Å². The van der Waals surface area contributed by atoms with E-state index >= 15 is 0 Å². The van der Waals surface area contributed by atoms with Gasteiger partial charge in [0, 0.05) is 6.20 Å². The standard InChI is InChI=1S/C9H9N3O/c1-6-4-3-5-10-8(6)9-11-7(2)12-13-9/h3-5H,1-2H3. The van der Waals surface area contributed by atoms with E-state index in [4.69, 9.17) is 4.52 Å². The fourth-order valence-corrected chi connectivity index (χ4v) is 1.10. The maximum Gasteiger partial charge on any atom is 0.276 e. The molecule has 0 N–H and O–H groups in total. The molecule has 0 amide bonds. The van der Waals surface area contributed by atoms with Crippen molar-refractivity contribution in [1.82, 2.24) is 15.1 Å². The maximum atomic E-state index is 5.01. The van der Waals surface area contributed by atoms with E-state index in [1.165, 1.54) is 0 Å². The molecule has 0 aromatic carbocycles. The molecule has 0 unspecified atom stereocenters. The first-order valence-corrected chi connectivity index (χ1v) is 3.99. The third kappa shape index (κ3) is 1.42. The van der Waals surface area contributed by atoms with Crippen LogP contribution in [0.25, 0.3) is 11.6 Å². The van der Waals surface area contributed by atoms with Crippen LogP contribution >= 0.6 is 0 Å². The second-order valence-corrected chi connectivity index (χ2v) is 2.82. The second-order valence-electron chi connectivity index (χ2n) is 2.82. The molecule has 0 bridgehead atoms. The molecule has 0 atom stereocenters. The molecule has 2 rings (SSSR count). The summed E-state index contributed by atoms with van der Waals surface area (Å²) in [5.41, 5.74) is 1.79. The minimum absolute atomic E-state index is 0.482. The average molecular weight is 175 g/mol. The number of aromatic nitrogens is 3. The minimum atomic E-state index is 0.482. The summed E-state index contributed by atoms with van der Waals surface area (Å²) in [6.45, 7) is 3.74. The van der Waals surface area contributed by atoms with Crippen LogP contribution in [0.4, 0.5) is 0 Å². The van der Waals surface area contributed by atoms with Gasteiger partial charge in [-0.2, -0.15) is 4.98 Å². The van der Waals surface area contributed by atoms with Gasteiger partial charge in [-0.05, 0) is 25.5 Å². The number of nitrogens with zero attached hydrogens (tertiary/aromatic N) is 3. The molecule has 0 spiro atoms. The van der Waals surface area contributed by atoms with Gasteiger partial charge in [-0.15, -0.1) is 0 Å². The lowest BCUT2D eigenvalue weighted by Crippen LogP contribution is -1.86. The average Bonchev–Trinajstić information content (AvgIpc) is 2.53. The van der Waals surface area contributed by atoms with E-state index in [1.54, 1.807) is 13.1 Å². The highest BCUT2D eigenvalue weighted by Gasteiger charge is 2.09. The Bertz CT molecular complexity index is 422. The molecular formula is C9H9N3O. The van der Waals surface area contributed by atoms with Crippen molar-refractivity contribution >= 4 is 0 Å². The van der Waals surface area contributed by atoms with Crippen molar-refractivity contribution in [2.45, 2.75) is 13.8 Å². The molecule has 4 heteroatoms. The van der Waals surface area contributed by atoms with Gasteiger partial charge < -0.3 is 4.52 Å². The van der Waals surface area contributed by atoms with Gasteiger partial charge in [0.2, 0.25) is 0 Å². The van der Waals surface area contributed by atoms with Crippen molar-refractivity contribution in [3.63, 3.8) is 0 Å². The van der Waals surface area contributed by atoms with Crippen LogP contribution in [0.3, 0.4) is 0 Å². The molecule has 2 heterocycles. The van der Waals surface area contributed by atoms with Gasteiger partial charge in [0.25, 0.3) is 5.89 Å². The van der Waals surface area contributed by atoms with Crippen LogP contribution in [-0.4, -0.2) is 15.1 Å². The summed E-state index contributed by atoms with van der Waals surface area (Å²) in [5.74, 6) is 1.11. The molecule has 13 heavy (non-hydrogen) atoms. The maximum absolute atomic E-state index is 5.01. The van der Waals surface area contributed by atoms with E-state index in [0.717, 1.165) is 11.3 Å². The molecular weight excluding hydrogens is 166 g/mol. The third-order valence-corrected chi connectivity index (χ3v) is 1.74. The van der Waals surface area contributed by atoms with Gasteiger partial charge in [0.1, 0.15) is 5.69 Å². The monoisotopic (exact) mass is 175 g/mol. The summed E-state index contributed by atoms with van der Waals surface area (Å²) in [6, 6.07) is 3.84. The van der Waals surface area contributed by atoms with Crippen molar-refractivity contribution in [3.8, 4) is 11.6 Å². The van der Waals surface area contributed by atoms with Crippen LogP contribution in [0.2, 0.25) is 0 Å². The van der Waals surface area contributed by atoms with Crippen molar-refractivity contribution < 1.29 is 4.52 Å². The van der Waals surface area contributed by atoms with Gasteiger partial charge in [-0.1, -0.05) is 11.2 Å².